The molecule has 106 valence electrons. The molecule has 0 aliphatic carbocycles. The number of nitrogens with zero attached hydrogens (tertiary/aromatic N) is 1. The first-order valence-corrected chi connectivity index (χ1v) is 6.06. The highest BCUT2D eigenvalue weighted by atomic mass is 16.5. The summed E-state index contributed by atoms with van der Waals surface area (Å²) in [5.41, 5.74) is -0.330. The third-order valence-corrected chi connectivity index (χ3v) is 3.16. The van der Waals surface area contributed by atoms with Crippen LogP contribution in [0.2, 0.25) is 0 Å². The summed E-state index contributed by atoms with van der Waals surface area (Å²) in [4.78, 5) is 23.6. The lowest BCUT2D eigenvalue weighted by Crippen LogP contribution is -2.19. The molecule has 6 nitrogen and oxygen atoms in total. The molecule has 0 saturated heterocycles. The lowest BCUT2D eigenvalue weighted by molar-refractivity contribution is 0.0695. The molecule has 0 saturated carbocycles. The Bertz CT molecular complexity index is 732. The van der Waals surface area contributed by atoms with Gasteiger partial charge in [0.2, 0.25) is 5.43 Å². The number of aryl methyl sites for hydroxylation is 1. The second-order valence-corrected chi connectivity index (χ2v) is 4.16. The van der Waals surface area contributed by atoms with E-state index in [0.717, 1.165) is 0 Å². The molecule has 0 spiro atoms. The van der Waals surface area contributed by atoms with Crippen LogP contribution in [-0.4, -0.2) is 29.9 Å². The number of ether oxygens (including phenoxy) is 2. The van der Waals surface area contributed by atoms with Crippen molar-refractivity contribution in [1.82, 2.24) is 4.57 Å². The molecule has 0 unspecified atom stereocenters. The Morgan fingerprint density at radius 3 is 2.35 bits per heavy atom. The predicted molar refractivity (Wildman–Crippen MR) is 73.9 cm³/mol. The molecule has 1 aromatic carbocycles. The Labute approximate surface area is 115 Å². The van der Waals surface area contributed by atoms with Gasteiger partial charge in [-0.25, -0.2) is 4.79 Å². The van der Waals surface area contributed by atoms with Crippen molar-refractivity contribution in [2.45, 2.75) is 13.5 Å². The minimum absolute atomic E-state index is 0.216. The topological polar surface area (TPSA) is 77.8 Å². The van der Waals surface area contributed by atoms with Gasteiger partial charge in [0.25, 0.3) is 0 Å². The largest absolute Gasteiger partial charge is 0.496 e. The number of methoxy groups -OCH3 is 2. The van der Waals surface area contributed by atoms with E-state index in [2.05, 4.69) is 0 Å². The van der Waals surface area contributed by atoms with Gasteiger partial charge in [0.1, 0.15) is 17.1 Å². The SMILES string of the molecule is CCn1cc(C(=O)O)c(=O)c2c(OC)ccc(OC)c21. The Balaban J connectivity index is 3.06. The normalized spacial score (nSPS) is 10.6. The van der Waals surface area contributed by atoms with E-state index in [1.807, 2.05) is 6.92 Å². The monoisotopic (exact) mass is 277 g/mol. The van der Waals surface area contributed by atoms with Gasteiger partial charge in [0.05, 0.1) is 25.1 Å². The molecule has 0 fully saturated rings. The quantitative estimate of drug-likeness (QED) is 0.921. The highest BCUT2D eigenvalue weighted by Crippen LogP contribution is 2.31. The van der Waals surface area contributed by atoms with E-state index in [4.69, 9.17) is 14.6 Å². The number of benzene rings is 1. The van der Waals surface area contributed by atoms with Crippen LogP contribution in [0.25, 0.3) is 10.9 Å². The molecule has 1 heterocycles. The summed E-state index contributed by atoms with van der Waals surface area (Å²) in [5, 5.41) is 9.37. The number of carboxylic acid groups (broad SMARTS) is 1. The van der Waals surface area contributed by atoms with E-state index < -0.39 is 11.4 Å². The van der Waals surface area contributed by atoms with Gasteiger partial charge in [-0.2, -0.15) is 0 Å². The molecule has 2 aromatic rings. The minimum Gasteiger partial charge on any atom is -0.496 e. The zero-order valence-corrected chi connectivity index (χ0v) is 11.5. The van der Waals surface area contributed by atoms with Gasteiger partial charge in [-0.05, 0) is 19.1 Å². The molecule has 0 atom stereocenters. The molecule has 0 amide bonds. The summed E-state index contributed by atoms with van der Waals surface area (Å²) in [6, 6.07) is 3.28. The number of pyridine rings is 1. The minimum atomic E-state index is -1.26. The van der Waals surface area contributed by atoms with Crippen LogP contribution >= 0.6 is 0 Å². The first kappa shape index (κ1) is 13.9. The predicted octanol–water partition coefficient (Wildman–Crippen LogP) is 1.74. The molecular weight excluding hydrogens is 262 g/mol. The Morgan fingerprint density at radius 1 is 1.25 bits per heavy atom. The van der Waals surface area contributed by atoms with Gasteiger partial charge in [-0.1, -0.05) is 0 Å². The zero-order valence-electron chi connectivity index (χ0n) is 11.5. The average Bonchev–Trinajstić information content (AvgIpc) is 2.46. The second kappa shape index (κ2) is 5.24. The summed E-state index contributed by atoms with van der Waals surface area (Å²) < 4.78 is 12.1. The van der Waals surface area contributed by atoms with Crippen LogP contribution in [0.3, 0.4) is 0 Å². The molecule has 1 aromatic heterocycles. The molecule has 0 bridgehead atoms. The third kappa shape index (κ3) is 1.99. The standard InChI is InChI=1S/C14H15NO5/c1-4-15-7-8(14(17)18)13(16)11-9(19-2)5-6-10(20-3)12(11)15/h5-7H,4H2,1-3H3,(H,17,18). The highest BCUT2D eigenvalue weighted by molar-refractivity contribution is 5.97. The van der Waals surface area contributed by atoms with Gasteiger partial charge in [0, 0.05) is 12.7 Å². The van der Waals surface area contributed by atoms with Gasteiger partial charge in [-0.15, -0.1) is 0 Å². The van der Waals surface area contributed by atoms with Crippen LogP contribution in [0.15, 0.2) is 23.1 Å². The van der Waals surface area contributed by atoms with Crippen molar-refractivity contribution in [3.8, 4) is 11.5 Å². The van der Waals surface area contributed by atoms with E-state index in [-0.39, 0.29) is 10.9 Å². The first-order chi connectivity index (χ1) is 9.54. The fourth-order valence-corrected chi connectivity index (χ4v) is 2.21. The Morgan fingerprint density at radius 2 is 1.85 bits per heavy atom. The Kier molecular flexibility index (Phi) is 3.65. The zero-order chi connectivity index (χ0) is 14.9. The number of carboxylic acids is 1. The lowest BCUT2D eigenvalue weighted by Gasteiger charge is -2.15. The van der Waals surface area contributed by atoms with Crippen LogP contribution in [0.1, 0.15) is 17.3 Å². The molecule has 0 aliphatic rings. The summed E-state index contributed by atoms with van der Waals surface area (Å²) in [5.74, 6) is -0.434. The van der Waals surface area contributed by atoms with E-state index in [0.29, 0.717) is 23.6 Å². The number of hydrogen-bond donors (Lipinski definition) is 1. The van der Waals surface area contributed by atoms with Crippen LogP contribution < -0.4 is 14.9 Å². The van der Waals surface area contributed by atoms with Gasteiger partial charge in [-0.3, -0.25) is 4.79 Å². The first-order valence-electron chi connectivity index (χ1n) is 6.06. The fourth-order valence-electron chi connectivity index (χ4n) is 2.21. The number of aromatic nitrogens is 1. The summed E-state index contributed by atoms with van der Waals surface area (Å²) >= 11 is 0. The number of aromatic carboxylic acids is 1. The fraction of sp³-hybridized carbons (Fsp3) is 0.286. The van der Waals surface area contributed by atoms with E-state index in [9.17, 15) is 9.59 Å². The summed E-state index contributed by atoms with van der Waals surface area (Å²) in [6.07, 6.45) is 1.33. The Hall–Kier alpha value is -2.50. The number of fused-ring (bicyclic) bond motifs is 1. The van der Waals surface area contributed by atoms with Gasteiger partial charge >= 0.3 is 5.97 Å². The van der Waals surface area contributed by atoms with Crippen molar-refractivity contribution < 1.29 is 19.4 Å². The van der Waals surface area contributed by atoms with Crippen molar-refractivity contribution in [3.63, 3.8) is 0 Å². The van der Waals surface area contributed by atoms with Crippen LogP contribution in [-0.2, 0) is 6.54 Å². The van der Waals surface area contributed by atoms with Crippen molar-refractivity contribution >= 4 is 16.9 Å². The molecular formula is C14H15NO5. The van der Waals surface area contributed by atoms with E-state index in [1.54, 1.807) is 16.7 Å². The molecule has 6 heteroatoms. The second-order valence-electron chi connectivity index (χ2n) is 4.16. The smallest absolute Gasteiger partial charge is 0.341 e. The van der Waals surface area contributed by atoms with Crippen LogP contribution in [0.5, 0.6) is 11.5 Å². The maximum Gasteiger partial charge on any atom is 0.341 e. The molecule has 1 N–H and O–H groups in total. The summed E-state index contributed by atoms with van der Waals surface area (Å²) in [6.45, 7) is 2.36. The van der Waals surface area contributed by atoms with Crippen molar-refractivity contribution in [2.75, 3.05) is 14.2 Å². The number of hydrogen-bond acceptors (Lipinski definition) is 4. The van der Waals surface area contributed by atoms with Gasteiger partial charge in [0.15, 0.2) is 0 Å². The van der Waals surface area contributed by atoms with Gasteiger partial charge < -0.3 is 19.1 Å². The average molecular weight is 277 g/mol. The maximum atomic E-state index is 12.4. The van der Waals surface area contributed by atoms with E-state index in [1.165, 1.54) is 20.4 Å². The summed E-state index contributed by atoms with van der Waals surface area (Å²) in [7, 11) is 2.93. The van der Waals surface area contributed by atoms with Crippen LogP contribution in [0, 0.1) is 0 Å². The number of rotatable bonds is 4. The van der Waals surface area contributed by atoms with Crippen molar-refractivity contribution in [2.24, 2.45) is 0 Å². The lowest BCUT2D eigenvalue weighted by atomic mass is 10.1. The molecule has 20 heavy (non-hydrogen) atoms. The third-order valence-electron chi connectivity index (χ3n) is 3.16. The van der Waals surface area contributed by atoms with Crippen LogP contribution in [0.4, 0.5) is 0 Å². The highest BCUT2D eigenvalue weighted by Gasteiger charge is 2.19. The molecule has 0 radical (unpaired) electrons. The molecule has 0 aliphatic heterocycles. The van der Waals surface area contributed by atoms with Crippen molar-refractivity contribution in [3.05, 3.63) is 34.1 Å². The number of carbonyl (C=O) groups is 1. The maximum absolute atomic E-state index is 12.4. The van der Waals surface area contributed by atoms with Crippen molar-refractivity contribution in [1.29, 1.82) is 0 Å². The van der Waals surface area contributed by atoms with E-state index >= 15 is 0 Å². The molecule has 2 rings (SSSR count).